The summed E-state index contributed by atoms with van der Waals surface area (Å²) >= 11 is 0. The van der Waals surface area contributed by atoms with Crippen molar-refractivity contribution in [2.45, 2.75) is 31.5 Å². The Kier molecular flexibility index (Phi) is 8.15. The van der Waals surface area contributed by atoms with Gasteiger partial charge < -0.3 is 24.7 Å². The molecule has 3 aromatic rings. The highest BCUT2D eigenvalue weighted by molar-refractivity contribution is 5.82. The number of nitriles is 1. The quantitative estimate of drug-likeness (QED) is 0.491. The predicted octanol–water partition coefficient (Wildman–Crippen LogP) is 1.89. The van der Waals surface area contributed by atoms with E-state index in [1.807, 2.05) is 31.1 Å². The standard InChI is InChI=1S/C26H30FN5O4/c1-31(2)9-10-32-22-14-18(6-7-23(22)36-26(32)34)17-4-5-19(21(27)13-17)12-20(15-28)30-25(33)24-16-29-8-3-11-35-24/h4-7,13-14,20,24,29H,3,8-12,16H2,1-2H3,(H,30,33)/t20-,24-/m0/s1. The van der Waals surface area contributed by atoms with Gasteiger partial charge in [-0.25, -0.2) is 9.18 Å². The van der Waals surface area contributed by atoms with Crippen LogP contribution < -0.4 is 16.4 Å². The van der Waals surface area contributed by atoms with E-state index in [0.29, 0.717) is 48.5 Å². The van der Waals surface area contributed by atoms with E-state index < -0.39 is 23.7 Å². The highest BCUT2D eigenvalue weighted by Gasteiger charge is 2.24. The van der Waals surface area contributed by atoms with Crippen LogP contribution in [0.2, 0.25) is 0 Å². The first-order valence-electron chi connectivity index (χ1n) is 11.9. The number of halogens is 1. The first kappa shape index (κ1) is 25.6. The summed E-state index contributed by atoms with van der Waals surface area (Å²) in [7, 11) is 3.85. The fourth-order valence-electron chi connectivity index (χ4n) is 4.14. The van der Waals surface area contributed by atoms with Gasteiger partial charge in [-0.1, -0.05) is 18.2 Å². The fraction of sp³-hybridized carbons (Fsp3) is 0.423. The number of nitrogens with one attached hydrogen (secondary N) is 2. The topological polar surface area (TPSA) is 113 Å². The zero-order valence-electron chi connectivity index (χ0n) is 20.4. The normalized spacial score (nSPS) is 17.0. The van der Waals surface area contributed by atoms with E-state index in [2.05, 4.69) is 10.6 Å². The number of benzene rings is 2. The highest BCUT2D eigenvalue weighted by atomic mass is 19.1. The van der Waals surface area contributed by atoms with Crippen molar-refractivity contribution >= 4 is 17.0 Å². The van der Waals surface area contributed by atoms with Crippen LogP contribution in [0.25, 0.3) is 22.2 Å². The Bertz CT molecular complexity index is 1320. The van der Waals surface area contributed by atoms with Crippen molar-refractivity contribution in [2.24, 2.45) is 0 Å². The van der Waals surface area contributed by atoms with Gasteiger partial charge >= 0.3 is 5.76 Å². The first-order chi connectivity index (χ1) is 17.4. The molecule has 1 aliphatic heterocycles. The number of fused-ring (bicyclic) bond motifs is 1. The van der Waals surface area contributed by atoms with Crippen LogP contribution >= 0.6 is 0 Å². The van der Waals surface area contributed by atoms with Gasteiger partial charge in [0.25, 0.3) is 5.91 Å². The van der Waals surface area contributed by atoms with Gasteiger partial charge in [0, 0.05) is 32.7 Å². The lowest BCUT2D eigenvalue weighted by atomic mass is 10.00. The van der Waals surface area contributed by atoms with E-state index in [1.165, 1.54) is 6.07 Å². The molecule has 2 N–H and O–H groups in total. The van der Waals surface area contributed by atoms with Gasteiger partial charge in [0.15, 0.2) is 5.58 Å². The van der Waals surface area contributed by atoms with Crippen molar-refractivity contribution in [1.82, 2.24) is 20.1 Å². The lowest BCUT2D eigenvalue weighted by molar-refractivity contribution is -0.132. The molecule has 4 rings (SSSR count). The zero-order valence-corrected chi connectivity index (χ0v) is 20.4. The summed E-state index contributed by atoms with van der Waals surface area (Å²) in [6.45, 7) is 2.75. The SMILES string of the molecule is CN(C)CCn1c(=O)oc2ccc(-c3ccc(C[C@@H](C#N)NC(=O)[C@@H]4CNCCCO4)c(F)c3)cc21. The molecule has 1 aliphatic rings. The molecule has 0 spiro atoms. The lowest BCUT2D eigenvalue weighted by Gasteiger charge is -2.18. The molecule has 10 heteroatoms. The van der Waals surface area contributed by atoms with Gasteiger partial charge in [-0.3, -0.25) is 9.36 Å². The summed E-state index contributed by atoms with van der Waals surface area (Å²) < 4.78 is 27.5. The Hall–Kier alpha value is -3.52. The van der Waals surface area contributed by atoms with E-state index in [0.717, 1.165) is 18.5 Å². The number of hydrogen-bond donors (Lipinski definition) is 2. The molecule has 1 aromatic heterocycles. The van der Waals surface area contributed by atoms with Crippen molar-refractivity contribution in [3.8, 4) is 17.2 Å². The summed E-state index contributed by atoms with van der Waals surface area (Å²) in [6.07, 6.45) is 0.160. The third-order valence-corrected chi connectivity index (χ3v) is 6.16. The molecule has 2 heterocycles. The Morgan fingerprint density at radius 3 is 2.83 bits per heavy atom. The molecule has 0 saturated carbocycles. The number of carbonyl (C=O) groups is 1. The van der Waals surface area contributed by atoms with Gasteiger partial charge in [-0.05, 0) is 62.0 Å². The molecule has 0 radical (unpaired) electrons. The number of amides is 1. The minimum absolute atomic E-state index is 0.0271. The van der Waals surface area contributed by atoms with Crippen molar-refractivity contribution in [3.63, 3.8) is 0 Å². The van der Waals surface area contributed by atoms with Crippen LogP contribution in [-0.4, -0.2) is 67.9 Å². The molecule has 1 amide bonds. The molecule has 36 heavy (non-hydrogen) atoms. The Morgan fingerprint density at radius 1 is 1.31 bits per heavy atom. The second-order valence-corrected chi connectivity index (χ2v) is 9.12. The van der Waals surface area contributed by atoms with Crippen molar-refractivity contribution in [2.75, 3.05) is 40.3 Å². The van der Waals surface area contributed by atoms with Crippen LogP contribution in [0, 0.1) is 17.1 Å². The minimum Gasteiger partial charge on any atom is -0.408 e. The lowest BCUT2D eigenvalue weighted by Crippen LogP contribution is -2.46. The molecule has 9 nitrogen and oxygen atoms in total. The number of nitrogens with zero attached hydrogens (tertiary/aromatic N) is 3. The molecule has 0 bridgehead atoms. The highest BCUT2D eigenvalue weighted by Crippen LogP contribution is 2.26. The summed E-state index contributed by atoms with van der Waals surface area (Å²) in [5.41, 5.74) is 2.79. The Balaban J connectivity index is 1.50. The number of aromatic nitrogens is 1. The van der Waals surface area contributed by atoms with E-state index in [-0.39, 0.29) is 12.3 Å². The second kappa shape index (κ2) is 11.5. The zero-order chi connectivity index (χ0) is 25.7. The summed E-state index contributed by atoms with van der Waals surface area (Å²) in [4.78, 5) is 26.7. The largest absolute Gasteiger partial charge is 0.419 e. The number of rotatable bonds is 8. The van der Waals surface area contributed by atoms with Gasteiger partial charge in [-0.15, -0.1) is 0 Å². The molecular formula is C26H30FN5O4. The number of likely N-dealkylation sites (N-methyl/N-ethyl adjacent to an activating group) is 1. The predicted molar refractivity (Wildman–Crippen MR) is 133 cm³/mol. The summed E-state index contributed by atoms with van der Waals surface area (Å²) in [5.74, 6) is -1.30. The van der Waals surface area contributed by atoms with Crippen molar-refractivity contribution < 1.29 is 18.3 Å². The van der Waals surface area contributed by atoms with Crippen LogP contribution in [0.1, 0.15) is 12.0 Å². The molecule has 1 saturated heterocycles. The Labute approximate surface area is 208 Å². The molecule has 1 fully saturated rings. The van der Waals surface area contributed by atoms with Crippen LogP contribution in [-0.2, 0) is 22.5 Å². The average molecular weight is 496 g/mol. The maximum absolute atomic E-state index is 15.0. The monoisotopic (exact) mass is 495 g/mol. The molecule has 2 atom stereocenters. The van der Waals surface area contributed by atoms with E-state index in [4.69, 9.17) is 9.15 Å². The van der Waals surface area contributed by atoms with E-state index in [9.17, 15) is 14.9 Å². The number of hydrogen-bond acceptors (Lipinski definition) is 7. The third kappa shape index (κ3) is 5.99. The summed E-state index contributed by atoms with van der Waals surface area (Å²) in [5, 5.41) is 15.3. The Morgan fingerprint density at radius 2 is 2.08 bits per heavy atom. The van der Waals surface area contributed by atoms with Crippen LogP contribution in [0.3, 0.4) is 0 Å². The van der Waals surface area contributed by atoms with Crippen LogP contribution in [0.4, 0.5) is 4.39 Å². The van der Waals surface area contributed by atoms with Gasteiger partial charge in [0.05, 0.1) is 11.6 Å². The smallest absolute Gasteiger partial charge is 0.408 e. The van der Waals surface area contributed by atoms with Crippen molar-refractivity contribution in [1.29, 1.82) is 5.26 Å². The first-order valence-corrected chi connectivity index (χ1v) is 11.9. The number of carbonyl (C=O) groups excluding carboxylic acids is 1. The van der Waals surface area contributed by atoms with Gasteiger partial charge in [0.1, 0.15) is 18.0 Å². The maximum atomic E-state index is 15.0. The number of oxazole rings is 1. The minimum atomic E-state index is -0.891. The maximum Gasteiger partial charge on any atom is 0.419 e. The molecule has 190 valence electrons. The average Bonchev–Trinajstić information content (AvgIpc) is 3.01. The van der Waals surface area contributed by atoms with Gasteiger partial charge in [0.2, 0.25) is 0 Å². The molecule has 0 aliphatic carbocycles. The van der Waals surface area contributed by atoms with Crippen LogP contribution in [0.15, 0.2) is 45.6 Å². The molecule has 2 aromatic carbocycles. The van der Waals surface area contributed by atoms with Crippen LogP contribution in [0.5, 0.6) is 0 Å². The second-order valence-electron chi connectivity index (χ2n) is 9.12. The third-order valence-electron chi connectivity index (χ3n) is 6.16. The summed E-state index contributed by atoms with van der Waals surface area (Å²) in [6, 6.07) is 11.2. The van der Waals surface area contributed by atoms with Crippen molar-refractivity contribution in [3.05, 3.63) is 58.3 Å². The fourth-order valence-corrected chi connectivity index (χ4v) is 4.14. The van der Waals surface area contributed by atoms with E-state index in [1.54, 1.807) is 28.8 Å². The molecular weight excluding hydrogens is 465 g/mol. The molecule has 0 unspecified atom stereocenters. The van der Waals surface area contributed by atoms with Gasteiger partial charge in [-0.2, -0.15) is 5.26 Å². The van der Waals surface area contributed by atoms with E-state index >= 15 is 4.39 Å². The number of ether oxygens (including phenoxy) is 1.